The highest BCUT2D eigenvalue weighted by Crippen LogP contribution is 2.35. The smallest absolute Gasteiger partial charge is 0.191 e. The molecular formula is C23H38IN3O3S. The van der Waals surface area contributed by atoms with Crippen LogP contribution in [0.5, 0.6) is 5.75 Å². The molecule has 3 atom stereocenters. The second-order valence-corrected chi connectivity index (χ2v) is 10.4. The lowest BCUT2D eigenvalue weighted by molar-refractivity contribution is 0.0513. The molecule has 0 bridgehead atoms. The van der Waals surface area contributed by atoms with Gasteiger partial charge in [0.2, 0.25) is 0 Å². The van der Waals surface area contributed by atoms with Crippen molar-refractivity contribution in [1.82, 2.24) is 10.6 Å². The van der Waals surface area contributed by atoms with Gasteiger partial charge in [-0.2, -0.15) is 0 Å². The maximum Gasteiger partial charge on any atom is 0.191 e. The van der Waals surface area contributed by atoms with E-state index < -0.39 is 10.8 Å². The lowest BCUT2D eigenvalue weighted by Crippen LogP contribution is -2.51. The largest absolute Gasteiger partial charge is 0.497 e. The Morgan fingerprint density at radius 3 is 2.58 bits per heavy atom. The molecule has 6 nitrogen and oxygen atoms in total. The first-order chi connectivity index (χ1) is 14.6. The molecule has 1 aromatic carbocycles. The molecule has 3 rings (SSSR count). The number of hydrogen-bond donors (Lipinski definition) is 2. The Balaban J connectivity index is 0.00000341. The summed E-state index contributed by atoms with van der Waals surface area (Å²) in [5.41, 5.74) is 1.33. The molecule has 2 aliphatic rings. The normalized spacial score (nSPS) is 24.5. The van der Waals surface area contributed by atoms with Crippen LogP contribution in [0, 0.1) is 0 Å². The van der Waals surface area contributed by atoms with Crippen molar-refractivity contribution in [2.24, 2.45) is 4.99 Å². The van der Waals surface area contributed by atoms with Gasteiger partial charge >= 0.3 is 0 Å². The van der Waals surface area contributed by atoms with Gasteiger partial charge in [0.1, 0.15) is 5.75 Å². The van der Waals surface area contributed by atoms with Gasteiger partial charge in [-0.05, 0) is 49.8 Å². The molecule has 1 aliphatic carbocycles. The Morgan fingerprint density at radius 2 is 1.97 bits per heavy atom. The predicted octanol–water partition coefficient (Wildman–Crippen LogP) is 3.61. The van der Waals surface area contributed by atoms with Gasteiger partial charge < -0.3 is 20.1 Å². The minimum atomic E-state index is -0.717. The van der Waals surface area contributed by atoms with Crippen molar-refractivity contribution in [1.29, 1.82) is 0 Å². The fourth-order valence-electron chi connectivity index (χ4n) is 4.67. The van der Waals surface area contributed by atoms with Gasteiger partial charge in [-0.1, -0.05) is 25.5 Å². The fourth-order valence-corrected chi connectivity index (χ4v) is 6.01. The Labute approximate surface area is 206 Å². The molecule has 1 aromatic rings. The van der Waals surface area contributed by atoms with Crippen LogP contribution in [0.2, 0.25) is 0 Å². The van der Waals surface area contributed by atoms with Gasteiger partial charge in [-0.25, -0.2) is 0 Å². The fraction of sp³-hybridized carbons (Fsp3) is 0.696. The molecule has 31 heavy (non-hydrogen) atoms. The number of nitrogens with zero attached hydrogens (tertiary/aromatic N) is 1. The lowest BCUT2D eigenvalue weighted by atomic mass is 9.74. The van der Waals surface area contributed by atoms with Gasteiger partial charge in [0.25, 0.3) is 0 Å². The highest BCUT2D eigenvalue weighted by Gasteiger charge is 2.35. The van der Waals surface area contributed by atoms with Crippen LogP contribution in [0.4, 0.5) is 0 Å². The van der Waals surface area contributed by atoms with Crippen molar-refractivity contribution in [3.63, 3.8) is 0 Å². The van der Waals surface area contributed by atoms with E-state index in [9.17, 15) is 4.21 Å². The van der Waals surface area contributed by atoms with Crippen molar-refractivity contribution < 1.29 is 13.7 Å². The van der Waals surface area contributed by atoms with Gasteiger partial charge in [-0.15, -0.1) is 24.0 Å². The number of methoxy groups -OCH3 is 1. The summed E-state index contributed by atoms with van der Waals surface area (Å²) in [7, 11) is 2.80. The Kier molecular flexibility index (Phi) is 11.1. The first-order valence-corrected chi connectivity index (χ1v) is 12.5. The summed E-state index contributed by atoms with van der Waals surface area (Å²) in [6.07, 6.45) is 6.21. The van der Waals surface area contributed by atoms with E-state index in [1.807, 2.05) is 26.1 Å². The Hall–Kier alpha value is -0.870. The highest BCUT2D eigenvalue weighted by atomic mass is 127. The number of guanidine groups is 1. The molecule has 2 fully saturated rings. The molecule has 1 saturated carbocycles. The standard InChI is InChI=1S/C23H37N3O3S.HI/c1-4-30(27)21-7-5-6-19(16-21)26-22(24-2)25-17-23(12-14-29-15-13-23)18-8-10-20(28-3)11-9-18;/h8-11,19,21H,4-7,12-17H2,1-3H3,(H2,24,25,26);1H. The third kappa shape index (κ3) is 7.05. The van der Waals surface area contributed by atoms with E-state index in [-0.39, 0.29) is 29.4 Å². The summed E-state index contributed by atoms with van der Waals surface area (Å²) < 4.78 is 23.3. The third-order valence-corrected chi connectivity index (χ3v) is 8.33. The maximum atomic E-state index is 12.3. The molecule has 0 amide bonds. The van der Waals surface area contributed by atoms with Crippen molar-refractivity contribution in [3.05, 3.63) is 29.8 Å². The van der Waals surface area contributed by atoms with Crippen LogP contribution >= 0.6 is 24.0 Å². The number of benzene rings is 1. The average Bonchev–Trinajstić information content (AvgIpc) is 2.82. The van der Waals surface area contributed by atoms with Crippen LogP contribution in [0.1, 0.15) is 51.0 Å². The molecule has 1 heterocycles. The molecule has 0 radical (unpaired) electrons. The second-order valence-electron chi connectivity index (χ2n) is 8.35. The minimum absolute atomic E-state index is 0. The quantitative estimate of drug-likeness (QED) is 0.302. The third-order valence-electron chi connectivity index (χ3n) is 6.59. The van der Waals surface area contributed by atoms with Crippen molar-refractivity contribution in [3.8, 4) is 5.75 Å². The SMILES string of the molecule is CCS(=O)C1CCCC(NC(=NC)NCC2(c3ccc(OC)cc3)CCOCC2)C1.I. The van der Waals surface area contributed by atoms with Gasteiger partial charge in [-0.3, -0.25) is 9.20 Å². The topological polar surface area (TPSA) is 72.0 Å². The van der Waals surface area contributed by atoms with Crippen LogP contribution in [-0.2, 0) is 21.0 Å². The number of nitrogens with one attached hydrogen (secondary N) is 2. The minimum Gasteiger partial charge on any atom is -0.497 e. The zero-order valence-electron chi connectivity index (χ0n) is 19.0. The zero-order chi connectivity index (χ0) is 21.4. The Bertz CT molecular complexity index is 723. The lowest BCUT2D eigenvalue weighted by Gasteiger charge is -2.39. The summed E-state index contributed by atoms with van der Waals surface area (Å²) in [5, 5.41) is 7.49. The van der Waals surface area contributed by atoms with Crippen molar-refractivity contribution >= 4 is 40.7 Å². The first kappa shape index (κ1) is 26.4. The molecule has 8 heteroatoms. The van der Waals surface area contributed by atoms with Crippen molar-refractivity contribution in [2.75, 3.05) is 39.7 Å². The first-order valence-electron chi connectivity index (χ1n) is 11.2. The average molecular weight is 564 g/mol. The maximum absolute atomic E-state index is 12.3. The Morgan fingerprint density at radius 1 is 1.26 bits per heavy atom. The molecule has 1 aliphatic heterocycles. The summed E-state index contributed by atoms with van der Waals surface area (Å²) in [4.78, 5) is 4.48. The molecule has 3 unspecified atom stereocenters. The van der Waals surface area contributed by atoms with Crippen LogP contribution < -0.4 is 15.4 Å². The number of ether oxygens (including phenoxy) is 2. The van der Waals surface area contributed by atoms with Crippen LogP contribution in [0.25, 0.3) is 0 Å². The van der Waals surface area contributed by atoms with Gasteiger partial charge in [0.15, 0.2) is 5.96 Å². The molecule has 1 saturated heterocycles. The van der Waals surface area contributed by atoms with E-state index in [1.54, 1.807) is 7.11 Å². The molecule has 2 N–H and O–H groups in total. The number of rotatable bonds is 7. The molecular weight excluding hydrogens is 525 g/mol. The molecule has 176 valence electrons. The predicted molar refractivity (Wildman–Crippen MR) is 139 cm³/mol. The van der Waals surface area contributed by atoms with Gasteiger partial charge in [0, 0.05) is 60.1 Å². The van der Waals surface area contributed by atoms with Gasteiger partial charge in [0.05, 0.1) is 7.11 Å². The monoisotopic (exact) mass is 563 g/mol. The highest BCUT2D eigenvalue weighted by molar-refractivity contribution is 14.0. The summed E-state index contributed by atoms with van der Waals surface area (Å²) in [6.45, 7) is 4.36. The number of hydrogen-bond acceptors (Lipinski definition) is 4. The van der Waals surface area contributed by atoms with E-state index >= 15 is 0 Å². The van der Waals surface area contributed by atoms with E-state index in [0.29, 0.717) is 11.3 Å². The van der Waals surface area contributed by atoms with Crippen LogP contribution in [0.15, 0.2) is 29.3 Å². The number of halogens is 1. The van der Waals surface area contributed by atoms with Crippen molar-refractivity contribution in [2.45, 2.75) is 62.2 Å². The van der Waals surface area contributed by atoms with E-state index in [0.717, 1.165) is 75.7 Å². The molecule has 0 aromatic heterocycles. The van der Waals surface area contributed by atoms with E-state index in [2.05, 4.69) is 27.8 Å². The summed E-state index contributed by atoms with van der Waals surface area (Å²) in [5.74, 6) is 2.46. The number of aliphatic imine (C=N–C) groups is 1. The van der Waals surface area contributed by atoms with Crippen LogP contribution in [0.3, 0.4) is 0 Å². The second kappa shape index (κ2) is 13.0. The van der Waals surface area contributed by atoms with Crippen LogP contribution in [-0.4, -0.2) is 61.1 Å². The summed E-state index contributed by atoms with van der Waals surface area (Å²) in [6, 6.07) is 8.75. The van der Waals surface area contributed by atoms with E-state index in [4.69, 9.17) is 9.47 Å². The van der Waals surface area contributed by atoms with E-state index in [1.165, 1.54) is 5.56 Å². The summed E-state index contributed by atoms with van der Waals surface area (Å²) >= 11 is 0. The molecule has 0 spiro atoms. The zero-order valence-corrected chi connectivity index (χ0v) is 22.2.